The molecule has 1 fully saturated rings. The molecule has 0 spiro atoms. The Bertz CT molecular complexity index is 408. The number of hydrogen-bond acceptors (Lipinski definition) is 3. The highest BCUT2D eigenvalue weighted by Crippen LogP contribution is 2.28. The summed E-state index contributed by atoms with van der Waals surface area (Å²) in [6, 6.07) is 0. The van der Waals surface area contributed by atoms with E-state index in [2.05, 4.69) is 10.1 Å². The molecule has 5 nitrogen and oxygen atoms in total. The lowest BCUT2D eigenvalue weighted by atomic mass is 10.0. The molecule has 5 heteroatoms. The molecule has 2 aliphatic rings. The molecular formula is C12H18N4O. The monoisotopic (exact) mass is 234 g/mol. The fourth-order valence-corrected chi connectivity index (χ4v) is 2.87. The van der Waals surface area contributed by atoms with Crippen molar-refractivity contribution in [2.24, 2.45) is 5.92 Å². The van der Waals surface area contributed by atoms with Crippen molar-refractivity contribution in [3.8, 4) is 0 Å². The van der Waals surface area contributed by atoms with Gasteiger partial charge in [0.1, 0.15) is 12.2 Å². The van der Waals surface area contributed by atoms with E-state index >= 15 is 0 Å². The molecule has 1 aliphatic carbocycles. The Morgan fingerprint density at radius 2 is 2.18 bits per heavy atom. The van der Waals surface area contributed by atoms with Crippen molar-refractivity contribution >= 4 is 5.91 Å². The van der Waals surface area contributed by atoms with E-state index in [9.17, 15) is 4.79 Å². The van der Waals surface area contributed by atoms with Gasteiger partial charge in [-0.1, -0.05) is 12.8 Å². The predicted octanol–water partition coefficient (Wildman–Crippen LogP) is 1.20. The molecule has 1 aliphatic heterocycles. The standard InChI is InChI=1S/C12H18N4O/c17-12(7-10-3-1-2-4-10)15-5-6-16-11(8-15)13-9-14-16/h9-10H,1-8H2. The number of carbonyl (C=O) groups excluding carboxylic acids is 1. The van der Waals surface area contributed by atoms with Crippen molar-refractivity contribution in [2.45, 2.75) is 45.2 Å². The van der Waals surface area contributed by atoms with Gasteiger partial charge in [0.25, 0.3) is 0 Å². The molecule has 0 N–H and O–H groups in total. The van der Waals surface area contributed by atoms with Crippen LogP contribution in [0.25, 0.3) is 0 Å². The molecule has 0 bridgehead atoms. The maximum atomic E-state index is 12.2. The average Bonchev–Trinajstić information content (AvgIpc) is 2.97. The van der Waals surface area contributed by atoms with E-state index < -0.39 is 0 Å². The molecule has 1 aromatic heterocycles. The summed E-state index contributed by atoms with van der Waals surface area (Å²) in [5.74, 6) is 1.84. The van der Waals surface area contributed by atoms with Crippen LogP contribution in [0.2, 0.25) is 0 Å². The molecule has 92 valence electrons. The molecule has 0 aromatic carbocycles. The summed E-state index contributed by atoms with van der Waals surface area (Å²) in [5.41, 5.74) is 0. The molecular weight excluding hydrogens is 216 g/mol. The Labute approximate surface area is 101 Å². The van der Waals surface area contributed by atoms with Crippen LogP contribution in [0.3, 0.4) is 0 Å². The van der Waals surface area contributed by atoms with E-state index in [1.165, 1.54) is 25.7 Å². The quantitative estimate of drug-likeness (QED) is 0.772. The van der Waals surface area contributed by atoms with Gasteiger partial charge in [0.2, 0.25) is 5.91 Å². The van der Waals surface area contributed by atoms with Gasteiger partial charge in [-0.05, 0) is 18.8 Å². The van der Waals surface area contributed by atoms with Crippen LogP contribution < -0.4 is 0 Å². The lowest BCUT2D eigenvalue weighted by Gasteiger charge is -2.27. The van der Waals surface area contributed by atoms with Gasteiger partial charge in [-0.25, -0.2) is 9.67 Å². The Hall–Kier alpha value is -1.39. The van der Waals surface area contributed by atoms with Crippen molar-refractivity contribution in [3.63, 3.8) is 0 Å². The Balaban J connectivity index is 1.60. The minimum Gasteiger partial charge on any atom is -0.333 e. The maximum Gasteiger partial charge on any atom is 0.223 e. The molecule has 0 unspecified atom stereocenters. The number of carbonyl (C=O) groups is 1. The van der Waals surface area contributed by atoms with Crippen LogP contribution in [0.1, 0.15) is 37.9 Å². The summed E-state index contributed by atoms with van der Waals surface area (Å²) >= 11 is 0. The summed E-state index contributed by atoms with van der Waals surface area (Å²) < 4.78 is 1.89. The average molecular weight is 234 g/mol. The second kappa shape index (κ2) is 4.47. The van der Waals surface area contributed by atoms with Crippen molar-refractivity contribution in [1.29, 1.82) is 0 Å². The van der Waals surface area contributed by atoms with E-state index in [-0.39, 0.29) is 0 Å². The first kappa shape index (κ1) is 10.7. The van der Waals surface area contributed by atoms with Crippen molar-refractivity contribution < 1.29 is 4.79 Å². The molecule has 1 saturated carbocycles. The first-order chi connectivity index (χ1) is 8.33. The van der Waals surface area contributed by atoms with Crippen LogP contribution in [0.15, 0.2) is 6.33 Å². The highest BCUT2D eigenvalue weighted by atomic mass is 16.2. The zero-order chi connectivity index (χ0) is 11.7. The number of rotatable bonds is 2. The minimum absolute atomic E-state index is 0.297. The first-order valence-corrected chi connectivity index (χ1v) is 6.47. The second-order valence-corrected chi connectivity index (χ2v) is 5.07. The third-order valence-corrected chi connectivity index (χ3v) is 3.90. The van der Waals surface area contributed by atoms with Crippen LogP contribution in [-0.4, -0.2) is 32.1 Å². The topological polar surface area (TPSA) is 51.0 Å². The summed E-state index contributed by atoms with van der Waals surface area (Å²) in [5, 5.41) is 4.12. The Morgan fingerprint density at radius 1 is 1.35 bits per heavy atom. The minimum atomic E-state index is 0.297. The van der Waals surface area contributed by atoms with Gasteiger partial charge in [0, 0.05) is 13.0 Å². The van der Waals surface area contributed by atoms with Gasteiger partial charge in [-0.2, -0.15) is 5.10 Å². The van der Waals surface area contributed by atoms with Gasteiger partial charge < -0.3 is 4.90 Å². The fraction of sp³-hybridized carbons (Fsp3) is 0.750. The van der Waals surface area contributed by atoms with Gasteiger partial charge >= 0.3 is 0 Å². The zero-order valence-electron chi connectivity index (χ0n) is 10.0. The van der Waals surface area contributed by atoms with Crippen LogP contribution >= 0.6 is 0 Å². The second-order valence-electron chi connectivity index (χ2n) is 5.07. The molecule has 17 heavy (non-hydrogen) atoms. The normalized spacial score (nSPS) is 20.6. The molecule has 0 atom stereocenters. The van der Waals surface area contributed by atoms with Crippen molar-refractivity contribution in [2.75, 3.05) is 6.54 Å². The zero-order valence-corrected chi connectivity index (χ0v) is 10.0. The molecule has 0 saturated heterocycles. The fourth-order valence-electron chi connectivity index (χ4n) is 2.87. The smallest absolute Gasteiger partial charge is 0.223 e. The highest BCUT2D eigenvalue weighted by molar-refractivity contribution is 5.76. The van der Waals surface area contributed by atoms with E-state index in [1.54, 1.807) is 6.33 Å². The number of hydrogen-bond donors (Lipinski definition) is 0. The third kappa shape index (κ3) is 2.18. The van der Waals surface area contributed by atoms with E-state index in [4.69, 9.17) is 0 Å². The van der Waals surface area contributed by atoms with E-state index in [0.717, 1.165) is 25.3 Å². The van der Waals surface area contributed by atoms with Crippen LogP contribution in [0.5, 0.6) is 0 Å². The predicted molar refractivity (Wildman–Crippen MR) is 62.0 cm³/mol. The number of amides is 1. The molecule has 2 heterocycles. The summed E-state index contributed by atoms with van der Waals surface area (Å²) in [7, 11) is 0. The highest BCUT2D eigenvalue weighted by Gasteiger charge is 2.25. The number of aromatic nitrogens is 3. The van der Waals surface area contributed by atoms with Crippen molar-refractivity contribution in [1.82, 2.24) is 19.7 Å². The lowest BCUT2D eigenvalue weighted by Crippen LogP contribution is -2.39. The van der Waals surface area contributed by atoms with Gasteiger partial charge in [-0.3, -0.25) is 4.79 Å². The Kier molecular flexibility index (Phi) is 2.82. The summed E-state index contributed by atoms with van der Waals surface area (Å²) in [6.07, 6.45) is 7.36. The van der Waals surface area contributed by atoms with Gasteiger partial charge in [0.05, 0.1) is 13.1 Å². The van der Waals surface area contributed by atoms with E-state index in [0.29, 0.717) is 18.4 Å². The maximum absolute atomic E-state index is 12.2. The third-order valence-electron chi connectivity index (χ3n) is 3.90. The van der Waals surface area contributed by atoms with E-state index in [1.807, 2.05) is 9.58 Å². The SMILES string of the molecule is O=C(CC1CCCC1)N1CCn2ncnc2C1. The first-order valence-electron chi connectivity index (χ1n) is 6.47. The lowest BCUT2D eigenvalue weighted by molar-refractivity contribution is -0.133. The van der Waals surface area contributed by atoms with Crippen LogP contribution in [0.4, 0.5) is 0 Å². The number of fused-ring (bicyclic) bond motifs is 1. The van der Waals surface area contributed by atoms with Crippen LogP contribution in [0, 0.1) is 5.92 Å². The summed E-state index contributed by atoms with van der Waals surface area (Å²) in [4.78, 5) is 18.3. The molecule has 1 aromatic rings. The Morgan fingerprint density at radius 3 is 3.00 bits per heavy atom. The number of nitrogens with zero attached hydrogens (tertiary/aromatic N) is 4. The summed E-state index contributed by atoms with van der Waals surface area (Å²) in [6.45, 7) is 2.19. The van der Waals surface area contributed by atoms with Crippen molar-refractivity contribution in [3.05, 3.63) is 12.2 Å². The molecule has 3 rings (SSSR count). The van der Waals surface area contributed by atoms with Gasteiger partial charge in [0.15, 0.2) is 0 Å². The molecule has 1 amide bonds. The van der Waals surface area contributed by atoms with Gasteiger partial charge in [-0.15, -0.1) is 0 Å². The largest absolute Gasteiger partial charge is 0.333 e. The van der Waals surface area contributed by atoms with Crippen LogP contribution in [-0.2, 0) is 17.9 Å². The molecule has 0 radical (unpaired) electrons.